The molecule has 0 aliphatic carbocycles. The molecule has 0 saturated carbocycles. The van der Waals surface area contributed by atoms with Crippen LogP contribution in [0.5, 0.6) is 0 Å². The van der Waals surface area contributed by atoms with Crippen LogP contribution in [0, 0.1) is 10.8 Å². The van der Waals surface area contributed by atoms with Crippen molar-refractivity contribution in [2.75, 3.05) is 6.54 Å². The van der Waals surface area contributed by atoms with Gasteiger partial charge in [-0.3, -0.25) is 5.41 Å². The van der Waals surface area contributed by atoms with E-state index in [1.807, 2.05) is 4.90 Å². The van der Waals surface area contributed by atoms with Crippen molar-refractivity contribution in [2.24, 2.45) is 11.1 Å². The van der Waals surface area contributed by atoms with Crippen LogP contribution in [-0.2, 0) is 0 Å². The van der Waals surface area contributed by atoms with Gasteiger partial charge in [-0.15, -0.1) is 0 Å². The van der Waals surface area contributed by atoms with Crippen LogP contribution in [0.3, 0.4) is 0 Å². The van der Waals surface area contributed by atoms with Gasteiger partial charge in [-0.25, -0.2) is 0 Å². The maximum Gasteiger partial charge on any atom is 0.188 e. The van der Waals surface area contributed by atoms with Crippen molar-refractivity contribution in [3.63, 3.8) is 0 Å². The Morgan fingerprint density at radius 3 is 1.79 bits per heavy atom. The first-order valence-electron chi connectivity index (χ1n) is 5.16. The van der Waals surface area contributed by atoms with Crippen LogP contribution in [0.4, 0.5) is 0 Å². The first kappa shape index (κ1) is 13.3. The zero-order valence-corrected chi connectivity index (χ0v) is 10.4. The van der Waals surface area contributed by atoms with E-state index in [0.717, 1.165) is 13.0 Å². The Hall–Kier alpha value is -0.730. The van der Waals surface area contributed by atoms with E-state index in [-0.39, 0.29) is 11.5 Å². The molecule has 0 aromatic carbocycles. The summed E-state index contributed by atoms with van der Waals surface area (Å²) in [7, 11) is 0. The molecule has 0 fully saturated rings. The number of nitrogens with one attached hydrogen (secondary N) is 1. The van der Waals surface area contributed by atoms with Gasteiger partial charge in [-0.1, -0.05) is 20.8 Å². The molecule has 0 heterocycles. The topological polar surface area (TPSA) is 53.1 Å². The highest BCUT2D eigenvalue weighted by Gasteiger charge is 2.23. The maximum atomic E-state index is 7.52. The van der Waals surface area contributed by atoms with E-state index in [0.29, 0.717) is 5.41 Å². The Morgan fingerprint density at radius 1 is 1.14 bits per heavy atom. The highest BCUT2D eigenvalue weighted by atomic mass is 15.3. The molecule has 3 N–H and O–H groups in total. The lowest BCUT2D eigenvalue weighted by atomic mass is 9.91. The lowest BCUT2D eigenvalue weighted by molar-refractivity contribution is 0.202. The molecular formula is C11H25N3. The van der Waals surface area contributed by atoms with Gasteiger partial charge >= 0.3 is 0 Å². The molecular weight excluding hydrogens is 174 g/mol. The summed E-state index contributed by atoms with van der Waals surface area (Å²) in [5.41, 5.74) is 5.79. The van der Waals surface area contributed by atoms with Gasteiger partial charge in [0.15, 0.2) is 5.96 Å². The fraction of sp³-hybridized carbons (Fsp3) is 0.909. The number of guanidine groups is 1. The fourth-order valence-electron chi connectivity index (χ4n) is 1.26. The molecule has 84 valence electrons. The lowest BCUT2D eigenvalue weighted by Crippen LogP contribution is -2.49. The molecule has 0 spiro atoms. The third-order valence-corrected chi connectivity index (χ3v) is 2.19. The molecule has 0 aromatic rings. The van der Waals surface area contributed by atoms with E-state index < -0.39 is 0 Å². The van der Waals surface area contributed by atoms with Crippen LogP contribution in [0.1, 0.15) is 48.0 Å². The smallest absolute Gasteiger partial charge is 0.188 e. The van der Waals surface area contributed by atoms with Crippen molar-refractivity contribution in [3.8, 4) is 0 Å². The number of nitrogens with two attached hydrogens (primary N) is 1. The second kappa shape index (κ2) is 4.20. The summed E-state index contributed by atoms with van der Waals surface area (Å²) >= 11 is 0. The van der Waals surface area contributed by atoms with Crippen molar-refractivity contribution in [2.45, 2.75) is 53.5 Å². The molecule has 0 atom stereocenters. The van der Waals surface area contributed by atoms with Crippen LogP contribution < -0.4 is 5.73 Å². The first-order valence-corrected chi connectivity index (χ1v) is 5.16. The highest BCUT2D eigenvalue weighted by Crippen LogP contribution is 2.21. The van der Waals surface area contributed by atoms with Gasteiger partial charge in [-0.05, 0) is 32.6 Å². The Balaban J connectivity index is 4.35. The van der Waals surface area contributed by atoms with E-state index in [1.54, 1.807) is 0 Å². The quantitative estimate of drug-likeness (QED) is 0.530. The summed E-state index contributed by atoms with van der Waals surface area (Å²) < 4.78 is 0. The molecule has 14 heavy (non-hydrogen) atoms. The monoisotopic (exact) mass is 199 g/mol. The average Bonchev–Trinajstić information content (AvgIpc) is 1.79. The molecule has 0 unspecified atom stereocenters. The average molecular weight is 199 g/mol. The Morgan fingerprint density at radius 2 is 1.57 bits per heavy atom. The third-order valence-electron chi connectivity index (χ3n) is 2.19. The number of hydrogen-bond donors (Lipinski definition) is 2. The molecule has 0 rings (SSSR count). The molecule has 3 nitrogen and oxygen atoms in total. The SMILES string of the molecule is CC(C)(C)CCN(C(=N)N)C(C)(C)C. The molecule has 0 aromatic heterocycles. The van der Waals surface area contributed by atoms with Gasteiger partial charge in [0.05, 0.1) is 0 Å². The number of rotatable bonds is 2. The highest BCUT2D eigenvalue weighted by molar-refractivity contribution is 5.75. The lowest BCUT2D eigenvalue weighted by Gasteiger charge is -2.37. The number of hydrogen-bond acceptors (Lipinski definition) is 1. The van der Waals surface area contributed by atoms with Crippen molar-refractivity contribution >= 4 is 5.96 Å². The summed E-state index contributed by atoms with van der Waals surface area (Å²) in [6.07, 6.45) is 1.05. The van der Waals surface area contributed by atoms with Gasteiger partial charge in [0, 0.05) is 12.1 Å². The normalized spacial score (nSPS) is 12.7. The second-order valence-corrected chi connectivity index (χ2v) is 6.02. The van der Waals surface area contributed by atoms with Crippen molar-refractivity contribution < 1.29 is 0 Å². The number of nitrogens with zero attached hydrogens (tertiary/aromatic N) is 1. The van der Waals surface area contributed by atoms with E-state index in [2.05, 4.69) is 41.5 Å². The van der Waals surface area contributed by atoms with Gasteiger partial charge < -0.3 is 10.6 Å². The predicted molar refractivity (Wildman–Crippen MR) is 62.4 cm³/mol. The van der Waals surface area contributed by atoms with E-state index >= 15 is 0 Å². The second-order valence-electron chi connectivity index (χ2n) is 6.02. The minimum atomic E-state index is -0.0584. The molecule has 0 saturated heterocycles. The van der Waals surface area contributed by atoms with E-state index in [9.17, 15) is 0 Å². The maximum absolute atomic E-state index is 7.52. The third kappa shape index (κ3) is 5.10. The van der Waals surface area contributed by atoms with Gasteiger partial charge in [0.25, 0.3) is 0 Å². The van der Waals surface area contributed by atoms with Crippen LogP contribution in [0.2, 0.25) is 0 Å². The Labute approximate surface area is 88.2 Å². The standard InChI is InChI=1S/C11H25N3/c1-10(2,3)7-8-14(9(12)13)11(4,5)6/h7-8H2,1-6H3,(H3,12,13). The zero-order chi connectivity index (χ0) is 11.6. The van der Waals surface area contributed by atoms with Crippen molar-refractivity contribution in [1.29, 1.82) is 5.41 Å². The zero-order valence-electron chi connectivity index (χ0n) is 10.4. The van der Waals surface area contributed by atoms with E-state index in [4.69, 9.17) is 11.1 Å². The summed E-state index contributed by atoms with van der Waals surface area (Å²) in [6.45, 7) is 13.7. The Kier molecular flexibility index (Phi) is 3.98. The van der Waals surface area contributed by atoms with Crippen LogP contribution >= 0.6 is 0 Å². The molecule has 0 aliphatic rings. The Bertz CT molecular complexity index is 196. The molecule has 0 aliphatic heterocycles. The molecule has 0 radical (unpaired) electrons. The summed E-state index contributed by atoms with van der Waals surface area (Å²) in [6, 6.07) is 0. The van der Waals surface area contributed by atoms with Crippen molar-refractivity contribution in [1.82, 2.24) is 4.90 Å². The summed E-state index contributed by atoms with van der Waals surface area (Å²) in [4.78, 5) is 1.94. The molecule has 0 amide bonds. The van der Waals surface area contributed by atoms with Gasteiger partial charge in [-0.2, -0.15) is 0 Å². The predicted octanol–water partition coefficient (Wildman–Crippen LogP) is 2.42. The fourth-order valence-corrected chi connectivity index (χ4v) is 1.26. The van der Waals surface area contributed by atoms with Crippen LogP contribution in [0.15, 0.2) is 0 Å². The largest absolute Gasteiger partial charge is 0.370 e. The minimum Gasteiger partial charge on any atom is -0.370 e. The van der Waals surface area contributed by atoms with Crippen LogP contribution in [-0.4, -0.2) is 22.9 Å². The van der Waals surface area contributed by atoms with Crippen LogP contribution in [0.25, 0.3) is 0 Å². The molecule has 0 bridgehead atoms. The van der Waals surface area contributed by atoms with Gasteiger partial charge in [0.1, 0.15) is 0 Å². The minimum absolute atomic E-state index is 0.0584. The van der Waals surface area contributed by atoms with E-state index in [1.165, 1.54) is 0 Å². The molecule has 3 heteroatoms. The summed E-state index contributed by atoms with van der Waals surface area (Å²) in [5, 5.41) is 7.52. The van der Waals surface area contributed by atoms with Gasteiger partial charge in [0.2, 0.25) is 0 Å². The first-order chi connectivity index (χ1) is 6.04. The van der Waals surface area contributed by atoms with Crippen molar-refractivity contribution in [3.05, 3.63) is 0 Å². The summed E-state index contributed by atoms with van der Waals surface area (Å²) in [5.74, 6) is 0.168.